The highest BCUT2D eigenvalue weighted by molar-refractivity contribution is 6.32. The molecule has 6 nitrogen and oxygen atoms in total. The summed E-state index contributed by atoms with van der Waals surface area (Å²) in [5.41, 5.74) is 4.84. The zero-order valence-electron chi connectivity index (χ0n) is 15.9. The number of nitriles is 1. The molecule has 0 aliphatic rings. The summed E-state index contributed by atoms with van der Waals surface area (Å²) in [5, 5.41) is 9.70. The molecule has 1 N–H and O–H groups in total. The lowest BCUT2D eigenvalue weighted by molar-refractivity contribution is -0.113. The van der Waals surface area contributed by atoms with Gasteiger partial charge in [-0.15, -0.1) is 6.42 Å². The lowest BCUT2D eigenvalue weighted by Crippen LogP contribution is -2.25. The number of carbonyl (C=O) groups excluding carboxylic acids is 1. The van der Waals surface area contributed by atoms with Crippen LogP contribution < -0.4 is 14.9 Å². The lowest BCUT2D eigenvalue weighted by Gasteiger charge is -2.13. The Morgan fingerprint density at radius 3 is 2.57 bits per heavy atom. The van der Waals surface area contributed by atoms with Gasteiger partial charge in [0.2, 0.25) is 0 Å². The first-order chi connectivity index (χ1) is 13.4. The molecule has 0 bridgehead atoms. The number of hydrogen-bond donors (Lipinski definition) is 1. The first kappa shape index (κ1) is 21.0. The van der Waals surface area contributed by atoms with Crippen LogP contribution >= 0.6 is 11.6 Å². The van der Waals surface area contributed by atoms with Gasteiger partial charge in [-0.1, -0.05) is 17.5 Å². The van der Waals surface area contributed by atoms with Crippen LogP contribution in [-0.2, 0) is 4.79 Å². The fraction of sp³-hybridized carbons (Fsp3) is 0.238. The third kappa shape index (κ3) is 4.88. The van der Waals surface area contributed by atoms with Crippen LogP contribution in [0.2, 0.25) is 5.02 Å². The summed E-state index contributed by atoms with van der Waals surface area (Å²) in [5.74, 6) is 2.53. The summed E-state index contributed by atoms with van der Waals surface area (Å²) in [6, 6.07) is 8.87. The molecule has 0 saturated carbocycles. The molecule has 0 atom stereocenters. The van der Waals surface area contributed by atoms with Crippen molar-refractivity contribution in [3.05, 3.63) is 51.8 Å². The minimum atomic E-state index is -0.536. The molecule has 1 aromatic carbocycles. The molecule has 0 spiro atoms. The summed E-state index contributed by atoms with van der Waals surface area (Å²) in [7, 11) is 0. The van der Waals surface area contributed by atoms with E-state index in [1.165, 1.54) is 6.08 Å². The van der Waals surface area contributed by atoms with Crippen LogP contribution in [0, 0.1) is 37.5 Å². The first-order valence-electron chi connectivity index (χ1n) is 8.52. The number of nitrogens with zero attached hydrogens (tertiary/aromatic N) is 2. The second-order valence-electron chi connectivity index (χ2n) is 5.82. The summed E-state index contributed by atoms with van der Waals surface area (Å²) in [6.07, 6.45) is 6.66. The molecule has 0 fully saturated rings. The quantitative estimate of drug-likeness (QED) is 0.437. The number of rotatable bonds is 7. The zero-order valence-corrected chi connectivity index (χ0v) is 16.6. The molecule has 1 aromatic heterocycles. The van der Waals surface area contributed by atoms with E-state index in [2.05, 4.69) is 11.3 Å². The highest BCUT2D eigenvalue weighted by Crippen LogP contribution is 2.37. The van der Waals surface area contributed by atoms with Crippen molar-refractivity contribution in [1.29, 1.82) is 5.26 Å². The van der Waals surface area contributed by atoms with Gasteiger partial charge in [0, 0.05) is 11.4 Å². The fourth-order valence-corrected chi connectivity index (χ4v) is 2.78. The number of nitrogens with one attached hydrogen (secondary N) is 1. The van der Waals surface area contributed by atoms with Crippen LogP contribution in [0.1, 0.15) is 23.9 Å². The maximum atomic E-state index is 12.5. The Bertz CT molecular complexity index is 974. The number of amides is 1. The van der Waals surface area contributed by atoms with Gasteiger partial charge in [0.05, 0.1) is 11.6 Å². The maximum absolute atomic E-state index is 12.5. The fourth-order valence-electron chi connectivity index (χ4n) is 2.51. The van der Waals surface area contributed by atoms with E-state index in [4.69, 9.17) is 27.5 Å². The number of carbonyl (C=O) groups is 1. The number of halogens is 1. The standard InChI is InChI=1S/C21H20ClN3O3/c1-5-9-28-20-18(22)11-16(12-19(20)27-6-2)10-17(13-23)21(26)24-25-14(3)7-8-15(25)4/h1,7-8,10-12H,6,9H2,2-4H3,(H,24,26)/b17-10-. The van der Waals surface area contributed by atoms with Crippen molar-refractivity contribution in [2.75, 3.05) is 18.6 Å². The van der Waals surface area contributed by atoms with Gasteiger partial charge in [0.25, 0.3) is 5.91 Å². The lowest BCUT2D eigenvalue weighted by atomic mass is 10.1. The van der Waals surface area contributed by atoms with E-state index in [1.54, 1.807) is 16.8 Å². The van der Waals surface area contributed by atoms with Crippen molar-refractivity contribution >= 4 is 23.6 Å². The number of aromatic nitrogens is 1. The Morgan fingerprint density at radius 2 is 2.00 bits per heavy atom. The molecule has 2 rings (SSSR count). The maximum Gasteiger partial charge on any atom is 0.280 e. The van der Waals surface area contributed by atoms with Crippen LogP contribution in [0.4, 0.5) is 0 Å². The van der Waals surface area contributed by atoms with Crippen LogP contribution in [0.5, 0.6) is 11.5 Å². The van der Waals surface area contributed by atoms with Crippen LogP contribution in [0.15, 0.2) is 29.8 Å². The van der Waals surface area contributed by atoms with E-state index < -0.39 is 5.91 Å². The average molecular weight is 398 g/mol. The van der Waals surface area contributed by atoms with E-state index in [9.17, 15) is 10.1 Å². The molecule has 1 amide bonds. The summed E-state index contributed by atoms with van der Waals surface area (Å²) in [6.45, 7) is 5.94. The summed E-state index contributed by atoms with van der Waals surface area (Å²) >= 11 is 6.28. The monoisotopic (exact) mass is 397 g/mol. The SMILES string of the molecule is C#CCOc1c(Cl)cc(/C=C(/C#N)C(=O)Nn2c(C)ccc2C)cc1OCC. The van der Waals surface area contributed by atoms with Gasteiger partial charge < -0.3 is 9.47 Å². The van der Waals surface area contributed by atoms with Crippen molar-refractivity contribution < 1.29 is 14.3 Å². The predicted molar refractivity (Wildman–Crippen MR) is 109 cm³/mol. The van der Waals surface area contributed by atoms with Gasteiger partial charge in [0.15, 0.2) is 11.5 Å². The van der Waals surface area contributed by atoms with Crippen molar-refractivity contribution in [3.63, 3.8) is 0 Å². The topological polar surface area (TPSA) is 76.3 Å². The Kier molecular flexibility index (Phi) is 7.14. The van der Waals surface area contributed by atoms with Crippen LogP contribution in [-0.4, -0.2) is 23.8 Å². The summed E-state index contributed by atoms with van der Waals surface area (Å²) in [4.78, 5) is 12.5. The van der Waals surface area contributed by atoms with Gasteiger partial charge in [-0.05, 0) is 56.7 Å². The Labute approximate surface area is 169 Å². The van der Waals surface area contributed by atoms with Crippen molar-refractivity contribution in [2.24, 2.45) is 0 Å². The van der Waals surface area contributed by atoms with E-state index >= 15 is 0 Å². The van der Waals surface area contributed by atoms with Gasteiger partial charge in [-0.3, -0.25) is 14.9 Å². The molecule has 0 unspecified atom stereocenters. The molecule has 0 saturated heterocycles. The van der Waals surface area contributed by atoms with E-state index in [0.29, 0.717) is 23.7 Å². The number of terminal acetylenes is 1. The molecule has 2 aromatic rings. The minimum absolute atomic E-state index is 0.0381. The Morgan fingerprint density at radius 1 is 1.32 bits per heavy atom. The average Bonchev–Trinajstić information content (AvgIpc) is 2.97. The van der Waals surface area contributed by atoms with E-state index in [-0.39, 0.29) is 17.2 Å². The highest BCUT2D eigenvalue weighted by atomic mass is 35.5. The highest BCUT2D eigenvalue weighted by Gasteiger charge is 2.15. The molecule has 0 radical (unpaired) electrons. The zero-order chi connectivity index (χ0) is 20.7. The van der Waals surface area contributed by atoms with Gasteiger partial charge in [0.1, 0.15) is 18.2 Å². The van der Waals surface area contributed by atoms with Gasteiger partial charge in [-0.2, -0.15) is 5.26 Å². The Balaban J connectivity index is 2.36. The second kappa shape index (κ2) is 9.55. The number of ether oxygens (including phenoxy) is 2. The largest absolute Gasteiger partial charge is 0.490 e. The molecule has 7 heteroatoms. The minimum Gasteiger partial charge on any atom is -0.490 e. The molecule has 0 aliphatic heterocycles. The van der Waals surface area contributed by atoms with Crippen molar-refractivity contribution in [2.45, 2.75) is 20.8 Å². The van der Waals surface area contributed by atoms with Gasteiger partial charge in [-0.25, -0.2) is 0 Å². The summed E-state index contributed by atoms with van der Waals surface area (Å²) < 4.78 is 12.6. The third-order valence-corrected chi connectivity index (χ3v) is 4.07. The molecule has 1 heterocycles. The molecule has 144 valence electrons. The Hall–Kier alpha value is -3.35. The predicted octanol–water partition coefficient (Wildman–Crippen LogP) is 3.85. The second-order valence-corrected chi connectivity index (χ2v) is 6.23. The van der Waals surface area contributed by atoms with Crippen LogP contribution in [0.25, 0.3) is 6.08 Å². The van der Waals surface area contributed by atoms with E-state index in [1.807, 2.05) is 39.0 Å². The molecule has 0 aliphatic carbocycles. The van der Waals surface area contributed by atoms with E-state index in [0.717, 1.165) is 11.4 Å². The number of aryl methyl sites for hydroxylation is 2. The van der Waals surface area contributed by atoms with Crippen molar-refractivity contribution in [3.8, 4) is 29.9 Å². The molecule has 28 heavy (non-hydrogen) atoms. The number of benzene rings is 1. The smallest absolute Gasteiger partial charge is 0.280 e. The first-order valence-corrected chi connectivity index (χ1v) is 8.89. The third-order valence-electron chi connectivity index (χ3n) is 3.79. The van der Waals surface area contributed by atoms with Crippen molar-refractivity contribution in [1.82, 2.24) is 4.68 Å². The normalized spacial score (nSPS) is 10.7. The molecular formula is C21H20ClN3O3. The number of hydrogen-bond acceptors (Lipinski definition) is 4. The van der Waals surface area contributed by atoms with Gasteiger partial charge >= 0.3 is 0 Å². The van der Waals surface area contributed by atoms with Crippen LogP contribution in [0.3, 0.4) is 0 Å². The molecular weight excluding hydrogens is 378 g/mol.